The van der Waals surface area contributed by atoms with Gasteiger partial charge in [-0.1, -0.05) is 33.1 Å². The van der Waals surface area contributed by atoms with Crippen molar-refractivity contribution in [2.24, 2.45) is 12.0 Å². The molecule has 1 saturated carbocycles. The average Bonchev–Trinajstić information content (AvgIpc) is 2.99. The van der Waals surface area contributed by atoms with Crippen LogP contribution in [0.5, 0.6) is 0 Å². The molecule has 0 saturated heterocycles. The number of guanidine groups is 1. The predicted molar refractivity (Wildman–Crippen MR) is 123 cm³/mol. The molecule has 1 aliphatic carbocycles. The van der Waals surface area contributed by atoms with Gasteiger partial charge in [0.05, 0.1) is 11.8 Å². The van der Waals surface area contributed by atoms with Crippen LogP contribution >= 0.6 is 24.0 Å². The first-order valence-corrected chi connectivity index (χ1v) is 10.1. The summed E-state index contributed by atoms with van der Waals surface area (Å²) in [6.45, 7) is 6.89. The molecule has 0 unspecified atom stereocenters. The Balaban J connectivity index is 0.00000364. The summed E-state index contributed by atoms with van der Waals surface area (Å²) in [5.41, 5.74) is 2.42. The Kier molecular flexibility index (Phi) is 11.3. The second kappa shape index (κ2) is 12.6. The van der Waals surface area contributed by atoms with E-state index in [1.807, 2.05) is 18.8 Å². The van der Waals surface area contributed by atoms with E-state index in [1.165, 1.54) is 37.7 Å². The molecule has 0 spiro atoms. The van der Waals surface area contributed by atoms with Crippen molar-refractivity contribution in [3.63, 3.8) is 0 Å². The summed E-state index contributed by atoms with van der Waals surface area (Å²) < 4.78 is 7.89. The standard InChI is InChI=1S/C20H37N5O.HI/c1-16(2)19-17(15-25(5)23-19)14-24(4)20(21-3)22-12-9-13-26-18-10-7-6-8-11-18;/h15-16,18H,6-14H2,1-5H3,(H,21,22);1H. The first-order chi connectivity index (χ1) is 12.5. The number of halogens is 1. The minimum atomic E-state index is 0. The molecule has 0 aliphatic heterocycles. The van der Waals surface area contributed by atoms with E-state index in [2.05, 4.69) is 47.4 Å². The number of aromatic nitrogens is 2. The molecule has 1 N–H and O–H groups in total. The topological polar surface area (TPSA) is 54.7 Å². The number of rotatable bonds is 8. The van der Waals surface area contributed by atoms with E-state index >= 15 is 0 Å². The fourth-order valence-electron chi connectivity index (χ4n) is 3.63. The number of nitrogens with one attached hydrogen (secondary N) is 1. The molecule has 0 aromatic carbocycles. The molecule has 0 radical (unpaired) electrons. The van der Waals surface area contributed by atoms with Crippen molar-refractivity contribution in [1.29, 1.82) is 0 Å². The van der Waals surface area contributed by atoms with E-state index < -0.39 is 0 Å². The molecule has 0 atom stereocenters. The molecule has 27 heavy (non-hydrogen) atoms. The lowest BCUT2D eigenvalue weighted by molar-refractivity contribution is 0.0276. The molecular formula is C20H38IN5O. The quantitative estimate of drug-likeness (QED) is 0.259. The van der Waals surface area contributed by atoms with Crippen LogP contribution < -0.4 is 5.32 Å². The summed E-state index contributed by atoms with van der Waals surface area (Å²) in [5, 5.41) is 8.04. The number of hydrogen-bond acceptors (Lipinski definition) is 3. The van der Waals surface area contributed by atoms with Crippen molar-refractivity contribution in [3.8, 4) is 0 Å². The normalized spacial score (nSPS) is 15.7. The maximum Gasteiger partial charge on any atom is 0.193 e. The van der Waals surface area contributed by atoms with Crippen LogP contribution in [0, 0.1) is 0 Å². The summed E-state index contributed by atoms with van der Waals surface area (Å²) in [7, 11) is 5.89. The summed E-state index contributed by atoms with van der Waals surface area (Å²) in [5.74, 6) is 1.34. The van der Waals surface area contributed by atoms with Crippen molar-refractivity contribution in [3.05, 3.63) is 17.5 Å². The third-order valence-electron chi connectivity index (χ3n) is 4.97. The highest BCUT2D eigenvalue weighted by Gasteiger charge is 2.15. The molecule has 0 bridgehead atoms. The Bertz CT molecular complexity index is 567. The minimum absolute atomic E-state index is 0. The maximum atomic E-state index is 5.99. The van der Waals surface area contributed by atoms with Crippen LogP contribution in [0.25, 0.3) is 0 Å². The number of hydrogen-bond donors (Lipinski definition) is 1. The molecule has 2 rings (SSSR count). The largest absolute Gasteiger partial charge is 0.378 e. The third kappa shape index (κ3) is 7.97. The molecule has 7 heteroatoms. The van der Waals surface area contributed by atoms with Gasteiger partial charge in [0.1, 0.15) is 0 Å². The monoisotopic (exact) mass is 491 g/mol. The fourth-order valence-corrected chi connectivity index (χ4v) is 3.63. The van der Waals surface area contributed by atoms with Gasteiger partial charge in [-0.05, 0) is 25.2 Å². The molecular weight excluding hydrogens is 453 g/mol. The van der Waals surface area contributed by atoms with Crippen LogP contribution in [0.3, 0.4) is 0 Å². The SMILES string of the molecule is CN=C(NCCCOC1CCCCC1)N(C)Cc1cn(C)nc1C(C)C.I. The van der Waals surface area contributed by atoms with E-state index in [0.717, 1.165) is 37.8 Å². The van der Waals surface area contributed by atoms with Gasteiger partial charge in [-0.2, -0.15) is 5.10 Å². The predicted octanol–water partition coefficient (Wildman–Crippen LogP) is 3.91. The van der Waals surface area contributed by atoms with Gasteiger partial charge in [0.25, 0.3) is 0 Å². The van der Waals surface area contributed by atoms with E-state index in [-0.39, 0.29) is 24.0 Å². The molecule has 1 aromatic rings. The molecule has 1 aromatic heterocycles. The van der Waals surface area contributed by atoms with Crippen molar-refractivity contribution in [2.75, 3.05) is 27.2 Å². The van der Waals surface area contributed by atoms with Crippen LogP contribution in [0.2, 0.25) is 0 Å². The highest BCUT2D eigenvalue weighted by atomic mass is 127. The first kappa shape index (κ1) is 24.2. The van der Waals surface area contributed by atoms with Crippen LogP contribution in [-0.4, -0.2) is 54.0 Å². The molecule has 1 fully saturated rings. The highest BCUT2D eigenvalue weighted by molar-refractivity contribution is 14.0. The van der Waals surface area contributed by atoms with Crippen molar-refractivity contribution in [2.45, 2.75) is 70.9 Å². The molecule has 6 nitrogen and oxygen atoms in total. The van der Waals surface area contributed by atoms with Gasteiger partial charge in [0, 0.05) is 52.6 Å². The Hall–Kier alpha value is -0.830. The molecule has 0 amide bonds. The van der Waals surface area contributed by atoms with Gasteiger partial charge in [0.15, 0.2) is 5.96 Å². The summed E-state index contributed by atoms with van der Waals surface area (Å²) in [4.78, 5) is 6.57. The van der Waals surface area contributed by atoms with Crippen molar-refractivity contribution in [1.82, 2.24) is 20.0 Å². The first-order valence-electron chi connectivity index (χ1n) is 10.1. The van der Waals surface area contributed by atoms with E-state index in [4.69, 9.17) is 4.74 Å². The van der Waals surface area contributed by atoms with Gasteiger partial charge >= 0.3 is 0 Å². The Morgan fingerprint density at radius 1 is 1.37 bits per heavy atom. The van der Waals surface area contributed by atoms with Crippen molar-refractivity contribution >= 4 is 29.9 Å². The lowest BCUT2D eigenvalue weighted by Gasteiger charge is -2.23. The number of aryl methyl sites for hydroxylation is 1. The second-order valence-electron chi connectivity index (χ2n) is 7.68. The number of aliphatic imine (C=N–C) groups is 1. The number of ether oxygens (including phenoxy) is 1. The zero-order valence-corrected chi connectivity index (χ0v) is 20.0. The molecule has 1 aliphatic rings. The van der Waals surface area contributed by atoms with Crippen LogP contribution in [0.4, 0.5) is 0 Å². The van der Waals surface area contributed by atoms with Gasteiger partial charge in [0.2, 0.25) is 0 Å². The average molecular weight is 491 g/mol. The van der Waals surface area contributed by atoms with Gasteiger partial charge < -0.3 is 15.0 Å². The highest BCUT2D eigenvalue weighted by Crippen LogP contribution is 2.20. The summed E-state index contributed by atoms with van der Waals surface area (Å²) >= 11 is 0. The van der Waals surface area contributed by atoms with E-state index in [1.54, 1.807) is 0 Å². The lowest BCUT2D eigenvalue weighted by Crippen LogP contribution is -2.39. The zero-order chi connectivity index (χ0) is 18.9. The minimum Gasteiger partial charge on any atom is -0.378 e. The third-order valence-corrected chi connectivity index (χ3v) is 4.97. The maximum absolute atomic E-state index is 5.99. The number of nitrogens with zero attached hydrogens (tertiary/aromatic N) is 4. The summed E-state index contributed by atoms with van der Waals surface area (Å²) in [6, 6.07) is 0. The van der Waals surface area contributed by atoms with E-state index in [9.17, 15) is 0 Å². The Morgan fingerprint density at radius 2 is 2.07 bits per heavy atom. The van der Waals surface area contributed by atoms with Gasteiger partial charge in [-0.15, -0.1) is 24.0 Å². The smallest absolute Gasteiger partial charge is 0.193 e. The fraction of sp³-hybridized carbons (Fsp3) is 0.800. The summed E-state index contributed by atoms with van der Waals surface area (Å²) in [6.07, 6.45) is 10.1. The molecule has 1 heterocycles. The van der Waals surface area contributed by atoms with Crippen LogP contribution in [0.15, 0.2) is 11.2 Å². The van der Waals surface area contributed by atoms with E-state index in [0.29, 0.717) is 12.0 Å². The lowest BCUT2D eigenvalue weighted by atomic mass is 9.98. The van der Waals surface area contributed by atoms with Gasteiger partial charge in [-0.25, -0.2) is 0 Å². The Morgan fingerprint density at radius 3 is 2.70 bits per heavy atom. The van der Waals surface area contributed by atoms with Crippen LogP contribution in [0.1, 0.15) is 69.5 Å². The Labute approximate surface area is 182 Å². The second-order valence-corrected chi connectivity index (χ2v) is 7.68. The van der Waals surface area contributed by atoms with Crippen LogP contribution in [-0.2, 0) is 18.3 Å². The molecule has 156 valence electrons. The zero-order valence-electron chi connectivity index (χ0n) is 17.7. The van der Waals surface area contributed by atoms with Crippen molar-refractivity contribution < 1.29 is 4.74 Å². The van der Waals surface area contributed by atoms with Gasteiger partial charge in [-0.3, -0.25) is 9.67 Å².